The third kappa shape index (κ3) is 4.05. The van der Waals surface area contributed by atoms with Crippen molar-refractivity contribution in [3.8, 4) is 0 Å². The van der Waals surface area contributed by atoms with Crippen molar-refractivity contribution in [2.24, 2.45) is 17.8 Å². The van der Waals surface area contributed by atoms with Gasteiger partial charge in [-0.3, -0.25) is 0 Å². The summed E-state index contributed by atoms with van der Waals surface area (Å²) in [5, 5.41) is 0. The summed E-state index contributed by atoms with van der Waals surface area (Å²) in [6.07, 6.45) is 4.02. The highest BCUT2D eigenvalue weighted by atomic mass is 28.4. The monoisotopic (exact) mass is 260 g/mol. The molecule has 0 aliphatic heterocycles. The fraction of sp³-hybridized carbons (Fsp3) is 1.00. The first-order valence-electron chi connectivity index (χ1n) is 6.70. The Hall–Kier alpha value is 0.0969. The highest BCUT2D eigenvalue weighted by molar-refractivity contribution is 6.59. The van der Waals surface area contributed by atoms with Crippen LogP contribution in [0, 0.1) is 17.8 Å². The van der Waals surface area contributed by atoms with E-state index in [1.54, 1.807) is 14.2 Å². The molecule has 3 nitrogen and oxygen atoms in total. The first kappa shape index (κ1) is 15.2. The SMILES string of the molecule is CO[Si](C)(OC)O[C@@H]1C[C@H](C)CC[C@H]1C(C)C. The van der Waals surface area contributed by atoms with Crippen LogP contribution in [0.3, 0.4) is 0 Å². The largest absolute Gasteiger partial charge is 0.497 e. The van der Waals surface area contributed by atoms with Crippen molar-refractivity contribution in [2.45, 2.75) is 52.7 Å². The van der Waals surface area contributed by atoms with Crippen molar-refractivity contribution in [1.82, 2.24) is 0 Å². The zero-order valence-corrected chi connectivity index (χ0v) is 13.2. The lowest BCUT2D eigenvalue weighted by atomic mass is 9.75. The van der Waals surface area contributed by atoms with Crippen LogP contribution in [0.4, 0.5) is 0 Å². The Morgan fingerprint density at radius 1 is 1.12 bits per heavy atom. The van der Waals surface area contributed by atoms with Gasteiger partial charge in [0.05, 0.1) is 6.10 Å². The Bertz CT molecular complexity index is 229. The topological polar surface area (TPSA) is 27.7 Å². The van der Waals surface area contributed by atoms with E-state index in [0.29, 0.717) is 17.9 Å². The third-order valence-corrected chi connectivity index (χ3v) is 6.28. The van der Waals surface area contributed by atoms with Crippen LogP contribution < -0.4 is 0 Å². The molecule has 0 aromatic carbocycles. The number of rotatable bonds is 5. The maximum atomic E-state index is 6.22. The molecule has 0 spiro atoms. The average Bonchev–Trinajstić information content (AvgIpc) is 2.28. The molecule has 0 aromatic rings. The van der Waals surface area contributed by atoms with Crippen molar-refractivity contribution in [1.29, 1.82) is 0 Å². The summed E-state index contributed by atoms with van der Waals surface area (Å²) in [5.41, 5.74) is 0. The molecule has 1 rings (SSSR count). The van der Waals surface area contributed by atoms with E-state index in [1.807, 2.05) is 6.55 Å². The average molecular weight is 260 g/mol. The second-order valence-corrected chi connectivity index (χ2v) is 8.53. The molecule has 0 N–H and O–H groups in total. The Morgan fingerprint density at radius 3 is 2.18 bits per heavy atom. The van der Waals surface area contributed by atoms with Crippen molar-refractivity contribution in [2.75, 3.05) is 14.2 Å². The molecule has 1 aliphatic carbocycles. The summed E-state index contributed by atoms with van der Waals surface area (Å²) in [6, 6.07) is 0. The minimum atomic E-state index is -2.40. The van der Waals surface area contributed by atoms with E-state index in [-0.39, 0.29) is 0 Å². The molecule has 0 saturated heterocycles. The lowest BCUT2D eigenvalue weighted by molar-refractivity contribution is -0.0132. The molecule has 0 aromatic heterocycles. The van der Waals surface area contributed by atoms with Gasteiger partial charge in [0.1, 0.15) is 0 Å². The van der Waals surface area contributed by atoms with E-state index in [9.17, 15) is 0 Å². The summed E-state index contributed by atoms with van der Waals surface area (Å²) >= 11 is 0. The molecule has 1 fully saturated rings. The zero-order chi connectivity index (χ0) is 13.1. The quantitative estimate of drug-likeness (QED) is 0.710. The summed E-state index contributed by atoms with van der Waals surface area (Å²) in [4.78, 5) is 0. The van der Waals surface area contributed by atoms with E-state index in [4.69, 9.17) is 13.3 Å². The van der Waals surface area contributed by atoms with Crippen LogP contribution in [0.25, 0.3) is 0 Å². The molecule has 102 valence electrons. The predicted octanol–water partition coefficient (Wildman–Crippen LogP) is 3.33. The second kappa shape index (κ2) is 6.32. The van der Waals surface area contributed by atoms with E-state index in [0.717, 1.165) is 12.3 Å². The number of hydrogen-bond donors (Lipinski definition) is 0. The maximum Gasteiger partial charge on any atom is 0.497 e. The Morgan fingerprint density at radius 2 is 1.71 bits per heavy atom. The van der Waals surface area contributed by atoms with Crippen molar-refractivity contribution >= 4 is 8.80 Å². The molecule has 0 bridgehead atoms. The lowest BCUT2D eigenvalue weighted by Gasteiger charge is -2.40. The fourth-order valence-electron chi connectivity index (χ4n) is 2.70. The normalized spacial score (nSPS) is 30.9. The first-order valence-corrected chi connectivity index (χ1v) is 8.92. The van der Waals surface area contributed by atoms with Crippen molar-refractivity contribution in [3.63, 3.8) is 0 Å². The first-order chi connectivity index (χ1) is 7.91. The molecule has 0 amide bonds. The second-order valence-electron chi connectivity index (χ2n) is 5.75. The van der Waals surface area contributed by atoms with Gasteiger partial charge in [-0.1, -0.05) is 27.2 Å². The van der Waals surface area contributed by atoms with Gasteiger partial charge >= 0.3 is 8.80 Å². The summed E-state index contributed by atoms with van der Waals surface area (Å²) in [7, 11) is 0.972. The van der Waals surface area contributed by atoms with Gasteiger partial charge in [-0.15, -0.1) is 0 Å². The summed E-state index contributed by atoms with van der Waals surface area (Å²) < 4.78 is 17.1. The minimum absolute atomic E-state index is 0.301. The molecular formula is C13H28O3Si. The smallest absolute Gasteiger partial charge is 0.377 e. The van der Waals surface area contributed by atoms with Crippen LogP contribution >= 0.6 is 0 Å². The molecule has 3 atom stereocenters. The van der Waals surface area contributed by atoms with Gasteiger partial charge in [-0.25, -0.2) is 0 Å². The van der Waals surface area contributed by atoms with Gasteiger partial charge in [0.2, 0.25) is 0 Å². The maximum absolute atomic E-state index is 6.22. The van der Waals surface area contributed by atoms with Gasteiger partial charge in [0.15, 0.2) is 0 Å². The van der Waals surface area contributed by atoms with Gasteiger partial charge in [0, 0.05) is 20.8 Å². The Labute approximate surface area is 107 Å². The van der Waals surface area contributed by atoms with Crippen LogP contribution in [0.15, 0.2) is 0 Å². The molecule has 4 heteroatoms. The molecule has 1 aliphatic rings. The van der Waals surface area contributed by atoms with E-state index < -0.39 is 8.80 Å². The van der Waals surface area contributed by atoms with Crippen molar-refractivity contribution < 1.29 is 13.3 Å². The Balaban J connectivity index is 2.69. The molecule has 0 heterocycles. The van der Waals surface area contributed by atoms with Crippen LogP contribution in [0.2, 0.25) is 6.55 Å². The Kier molecular flexibility index (Phi) is 5.63. The molecule has 1 saturated carbocycles. The highest BCUT2D eigenvalue weighted by Gasteiger charge is 2.40. The molecule has 0 unspecified atom stereocenters. The minimum Gasteiger partial charge on any atom is -0.377 e. The van der Waals surface area contributed by atoms with E-state index in [2.05, 4.69) is 20.8 Å². The fourth-order valence-corrected chi connectivity index (χ4v) is 3.88. The van der Waals surface area contributed by atoms with Gasteiger partial charge in [-0.05, 0) is 30.6 Å². The summed E-state index contributed by atoms with van der Waals surface area (Å²) in [5.74, 6) is 2.06. The number of hydrogen-bond acceptors (Lipinski definition) is 3. The van der Waals surface area contributed by atoms with Gasteiger partial charge in [-0.2, -0.15) is 0 Å². The van der Waals surface area contributed by atoms with Crippen LogP contribution in [-0.2, 0) is 13.3 Å². The van der Waals surface area contributed by atoms with Gasteiger partial charge in [0.25, 0.3) is 0 Å². The van der Waals surface area contributed by atoms with Gasteiger partial charge < -0.3 is 13.3 Å². The molecule has 0 radical (unpaired) electrons. The predicted molar refractivity (Wildman–Crippen MR) is 71.9 cm³/mol. The molecular weight excluding hydrogens is 232 g/mol. The zero-order valence-electron chi connectivity index (χ0n) is 12.2. The highest BCUT2D eigenvalue weighted by Crippen LogP contribution is 2.36. The third-order valence-electron chi connectivity index (χ3n) is 4.07. The van der Waals surface area contributed by atoms with E-state index in [1.165, 1.54) is 12.8 Å². The standard InChI is InChI=1S/C13H28O3Si/c1-10(2)12-8-7-11(3)9-13(12)16-17(6,14-4)15-5/h10-13H,7-9H2,1-6H3/t11-,12+,13-/m1/s1. The summed E-state index contributed by atoms with van der Waals surface area (Å²) in [6.45, 7) is 8.86. The molecule has 17 heavy (non-hydrogen) atoms. The van der Waals surface area contributed by atoms with Crippen LogP contribution in [0.1, 0.15) is 40.0 Å². The van der Waals surface area contributed by atoms with Crippen LogP contribution in [0.5, 0.6) is 0 Å². The lowest BCUT2D eigenvalue weighted by Crippen LogP contribution is -2.48. The van der Waals surface area contributed by atoms with Crippen LogP contribution in [-0.4, -0.2) is 29.1 Å². The van der Waals surface area contributed by atoms with E-state index >= 15 is 0 Å². The van der Waals surface area contributed by atoms with Crippen molar-refractivity contribution in [3.05, 3.63) is 0 Å².